The highest BCUT2D eigenvalue weighted by Gasteiger charge is 2.28. The van der Waals surface area contributed by atoms with Gasteiger partial charge in [-0.2, -0.15) is 0 Å². The van der Waals surface area contributed by atoms with Crippen LogP contribution in [-0.4, -0.2) is 37.4 Å². The molecule has 0 radical (unpaired) electrons. The Bertz CT molecular complexity index is 697. The van der Waals surface area contributed by atoms with Crippen molar-refractivity contribution < 1.29 is 9.90 Å². The van der Waals surface area contributed by atoms with Gasteiger partial charge in [0.2, 0.25) is 0 Å². The number of carbonyl (C=O) groups is 1. The minimum Gasteiger partial charge on any atom is -0.476 e. The van der Waals surface area contributed by atoms with E-state index in [0.29, 0.717) is 24.3 Å². The first-order valence-corrected chi connectivity index (χ1v) is 7.95. The van der Waals surface area contributed by atoms with Crippen molar-refractivity contribution in [3.05, 3.63) is 35.3 Å². The lowest BCUT2D eigenvalue weighted by atomic mass is 9.97. The maximum atomic E-state index is 11.6. The third-order valence-corrected chi connectivity index (χ3v) is 4.85. The van der Waals surface area contributed by atoms with Crippen molar-refractivity contribution in [1.82, 2.24) is 14.3 Å². The van der Waals surface area contributed by atoms with Crippen LogP contribution < -0.4 is 0 Å². The maximum absolute atomic E-state index is 11.6. The van der Waals surface area contributed by atoms with Crippen LogP contribution in [0.3, 0.4) is 0 Å². The zero-order chi connectivity index (χ0) is 15.9. The average Bonchev–Trinajstić information content (AvgIpc) is 2.83. The maximum Gasteiger partial charge on any atom is 0.356 e. The number of nitrogens with zero attached hydrogens (tertiary/aromatic N) is 3. The Hall–Kier alpha value is -1.88. The molecule has 5 heteroatoms. The number of pyridine rings is 1. The highest BCUT2D eigenvalue weighted by Crippen LogP contribution is 2.26. The molecule has 1 aliphatic heterocycles. The Kier molecular flexibility index (Phi) is 3.91. The fourth-order valence-corrected chi connectivity index (χ4v) is 3.60. The van der Waals surface area contributed by atoms with E-state index in [-0.39, 0.29) is 5.69 Å². The molecule has 2 atom stereocenters. The van der Waals surface area contributed by atoms with Crippen molar-refractivity contribution in [2.75, 3.05) is 0 Å². The molecule has 0 aliphatic carbocycles. The summed E-state index contributed by atoms with van der Waals surface area (Å²) in [6.07, 6.45) is 3.59. The minimum absolute atomic E-state index is 0.180. The van der Waals surface area contributed by atoms with E-state index < -0.39 is 5.97 Å². The molecule has 1 saturated heterocycles. The summed E-state index contributed by atoms with van der Waals surface area (Å²) >= 11 is 0. The van der Waals surface area contributed by atoms with Gasteiger partial charge in [0.15, 0.2) is 5.69 Å². The van der Waals surface area contributed by atoms with E-state index >= 15 is 0 Å². The lowest BCUT2D eigenvalue weighted by Crippen LogP contribution is -2.43. The van der Waals surface area contributed by atoms with Gasteiger partial charge in [0.1, 0.15) is 5.65 Å². The molecule has 0 bridgehead atoms. The summed E-state index contributed by atoms with van der Waals surface area (Å²) in [5.41, 5.74) is 2.70. The predicted molar refractivity (Wildman–Crippen MR) is 85.2 cm³/mol. The number of hydrogen-bond donors (Lipinski definition) is 1. The summed E-state index contributed by atoms with van der Waals surface area (Å²) in [4.78, 5) is 18.3. The lowest BCUT2D eigenvalue weighted by Gasteiger charge is -2.39. The number of carboxylic acid groups (broad SMARTS) is 1. The lowest BCUT2D eigenvalue weighted by molar-refractivity contribution is 0.0678. The summed E-state index contributed by atoms with van der Waals surface area (Å²) in [5.74, 6) is -0.949. The molecule has 1 fully saturated rings. The summed E-state index contributed by atoms with van der Waals surface area (Å²) in [6, 6.07) is 6.72. The molecule has 0 aromatic carbocycles. The van der Waals surface area contributed by atoms with E-state index in [1.54, 1.807) is 0 Å². The zero-order valence-electron chi connectivity index (χ0n) is 13.4. The first-order valence-electron chi connectivity index (χ1n) is 7.95. The van der Waals surface area contributed by atoms with Crippen LogP contribution >= 0.6 is 0 Å². The number of hydrogen-bond acceptors (Lipinski definition) is 3. The van der Waals surface area contributed by atoms with E-state index in [9.17, 15) is 9.90 Å². The summed E-state index contributed by atoms with van der Waals surface area (Å²) in [5, 5.41) is 9.52. The molecule has 0 amide bonds. The van der Waals surface area contributed by atoms with Crippen LogP contribution in [-0.2, 0) is 6.54 Å². The molecular formula is C17H23N3O2. The summed E-state index contributed by atoms with van der Waals surface area (Å²) < 4.78 is 1.98. The van der Waals surface area contributed by atoms with Gasteiger partial charge in [0.25, 0.3) is 0 Å². The summed E-state index contributed by atoms with van der Waals surface area (Å²) in [7, 11) is 0. The van der Waals surface area contributed by atoms with Crippen molar-refractivity contribution in [2.24, 2.45) is 0 Å². The van der Waals surface area contributed by atoms with Gasteiger partial charge >= 0.3 is 5.97 Å². The molecule has 3 rings (SSSR count). The molecule has 118 valence electrons. The van der Waals surface area contributed by atoms with E-state index in [2.05, 4.69) is 23.7 Å². The van der Waals surface area contributed by atoms with Crippen molar-refractivity contribution in [2.45, 2.75) is 58.7 Å². The number of carboxylic acids is 1. The normalized spacial score (nSPS) is 23.0. The fraction of sp³-hybridized carbons (Fsp3) is 0.529. The number of piperidine rings is 1. The second kappa shape index (κ2) is 5.72. The van der Waals surface area contributed by atoms with Crippen LogP contribution in [0.25, 0.3) is 5.65 Å². The number of aromatic carboxylic acids is 1. The van der Waals surface area contributed by atoms with E-state index in [1.165, 1.54) is 19.3 Å². The Balaban J connectivity index is 2.08. The van der Waals surface area contributed by atoms with E-state index in [1.807, 2.05) is 29.5 Å². The minimum atomic E-state index is -0.949. The standard InChI is InChI=1S/C17H23N3O2/c1-11-6-4-7-12(2)19(11)10-14-16(17(21)22)18-15-9-5-8-13(3)20(14)15/h5,8-9,11-12H,4,6-7,10H2,1-3H3,(H,21,22). The number of fused-ring (bicyclic) bond motifs is 1. The van der Waals surface area contributed by atoms with Gasteiger partial charge in [-0.15, -0.1) is 0 Å². The number of aryl methyl sites for hydroxylation is 1. The van der Waals surface area contributed by atoms with Crippen molar-refractivity contribution >= 4 is 11.6 Å². The molecule has 3 heterocycles. The van der Waals surface area contributed by atoms with Crippen LogP contribution in [0.5, 0.6) is 0 Å². The Morgan fingerprint density at radius 3 is 2.64 bits per heavy atom. The van der Waals surface area contributed by atoms with Crippen LogP contribution in [0, 0.1) is 6.92 Å². The first-order chi connectivity index (χ1) is 10.5. The second-order valence-electron chi connectivity index (χ2n) is 6.37. The molecular weight excluding hydrogens is 278 g/mol. The monoisotopic (exact) mass is 301 g/mol. The zero-order valence-corrected chi connectivity index (χ0v) is 13.4. The van der Waals surface area contributed by atoms with Crippen LogP contribution in [0.4, 0.5) is 0 Å². The first kappa shape index (κ1) is 15.0. The molecule has 0 spiro atoms. The largest absolute Gasteiger partial charge is 0.476 e. The van der Waals surface area contributed by atoms with Gasteiger partial charge in [-0.05, 0) is 45.7 Å². The highest BCUT2D eigenvalue weighted by atomic mass is 16.4. The molecule has 5 nitrogen and oxygen atoms in total. The number of rotatable bonds is 3. The predicted octanol–water partition coefficient (Wildman–Crippen LogP) is 3.10. The third kappa shape index (κ3) is 2.50. The molecule has 2 aromatic rings. The van der Waals surface area contributed by atoms with Crippen LogP contribution in [0.2, 0.25) is 0 Å². The SMILES string of the molecule is Cc1cccc2nc(C(=O)O)c(CN3C(C)CCCC3C)n12. The fourth-order valence-electron chi connectivity index (χ4n) is 3.60. The van der Waals surface area contributed by atoms with Gasteiger partial charge in [-0.25, -0.2) is 9.78 Å². The van der Waals surface area contributed by atoms with Gasteiger partial charge in [0.05, 0.1) is 5.69 Å². The highest BCUT2D eigenvalue weighted by molar-refractivity contribution is 5.88. The average molecular weight is 301 g/mol. The van der Waals surface area contributed by atoms with Crippen LogP contribution in [0.1, 0.15) is 55.0 Å². The van der Waals surface area contributed by atoms with Gasteiger partial charge in [0, 0.05) is 24.3 Å². The number of imidazole rings is 1. The Morgan fingerprint density at radius 1 is 1.32 bits per heavy atom. The Morgan fingerprint density at radius 2 is 2.00 bits per heavy atom. The van der Waals surface area contributed by atoms with Gasteiger partial charge < -0.3 is 5.11 Å². The molecule has 22 heavy (non-hydrogen) atoms. The van der Waals surface area contributed by atoms with Gasteiger partial charge in [-0.3, -0.25) is 9.30 Å². The second-order valence-corrected chi connectivity index (χ2v) is 6.37. The molecule has 1 N–H and O–H groups in total. The topological polar surface area (TPSA) is 57.8 Å². The number of aromatic nitrogens is 2. The molecule has 0 saturated carbocycles. The van der Waals surface area contributed by atoms with E-state index in [4.69, 9.17) is 0 Å². The van der Waals surface area contributed by atoms with E-state index in [0.717, 1.165) is 11.4 Å². The van der Waals surface area contributed by atoms with Gasteiger partial charge in [-0.1, -0.05) is 12.5 Å². The number of likely N-dealkylation sites (tertiary alicyclic amines) is 1. The molecule has 1 aliphatic rings. The quantitative estimate of drug-likeness (QED) is 0.946. The van der Waals surface area contributed by atoms with Crippen molar-refractivity contribution in [1.29, 1.82) is 0 Å². The molecule has 2 aromatic heterocycles. The van der Waals surface area contributed by atoms with Crippen LogP contribution in [0.15, 0.2) is 18.2 Å². The van der Waals surface area contributed by atoms with Crippen molar-refractivity contribution in [3.63, 3.8) is 0 Å². The third-order valence-electron chi connectivity index (χ3n) is 4.85. The summed E-state index contributed by atoms with van der Waals surface area (Å²) in [6.45, 7) is 7.08. The Labute approximate surface area is 130 Å². The molecule has 2 unspecified atom stereocenters. The smallest absolute Gasteiger partial charge is 0.356 e. The van der Waals surface area contributed by atoms with Crippen molar-refractivity contribution in [3.8, 4) is 0 Å².